The van der Waals surface area contributed by atoms with Crippen LogP contribution in [0.5, 0.6) is 0 Å². The molecule has 0 aromatic heterocycles. The highest BCUT2D eigenvalue weighted by atomic mass is 16.6. The molecule has 0 radical (unpaired) electrons. The van der Waals surface area contributed by atoms with Crippen LogP contribution < -0.4 is 16.0 Å². The van der Waals surface area contributed by atoms with Crippen LogP contribution in [0, 0.1) is 0 Å². The van der Waals surface area contributed by atoms with E-state index in [2.05, 4.69) is 16.0 Å². The predicted molar refractivity (Wildman–Crippen MR) is 209 cm³/mol. The monoisotopic (exact) mass is 795 g/mol. The number of carbonyl (C=O) groups excluding carboxylic acids is 6. The fourth-order valence-electron chi connectivity index (χ4n) is 6.00. The Morgan fingerprint density at radius 3 is 1.28 bits per heavy atom. The van der Waals surface area contributed by atoms with Crippen molar-refractivity contribution in [2.75, 3.05) is 6.61 Å². The molecule has 0 saturated heterocycles. The molecule has 0 spiro atoms. The van der Waals surface area contributed by atoms with Gasteiger partial charge in [-0.2, -0.15) is 0 Å². The van der Waals surface area contributed by atoms with E-state index >= 15 is 0 Å². The number of hydrogen-bond acceptors (Lipinski definition) is 11. The molecular weight excluding hydrogens is 738 g/mol. The van der Waals surface area contributed by atoms with Gasteiger partial charge in [0.25, 0.3) is 0 Å². The van der Waals surface area contributed by atoms with Crippen molar-refractivity contribution in [3.63, 3.8) is 0 Å². The van der Waals surface area contributed by atoms with Crippen LogP contribution in [-0.2, 0) is 47.7 Å². The van der Waals surface area contributed by atoms with Gasteiger partial charge in [-0.15, -0.1) is 0 Å². The number of carboxylic acid groups (broad SMARTS) is 1. The van der Waals surface area contributed by atoms with Crippen molar-refractivity contribution < 1.29 is 57.6 Å². The van der Waals surface area contributed by atoms with Crippen molar-refractivity contribution in [3.8, 4) is 11.1 Å². The van der Waals surface area contributed by atoms with E-state index < -0.39 is 83.1 Å². The van der Waals surface area contributed by atoms with E-state index in [1.165, 1.54) is 0 Å². The van der Waals surface area contributed by atoms with Gasteiger partial charge in [0.15, 0.2) is 0 Å². The minimum atomic E-state index is -1.32. The molecule has 1 aliphatic rings. The number of hydrogen-bond donors (Lipinski definition) is 4. The Morgan fingerprint density at radius 1 is 0.561 bits per heavy atom. The van der Waals surface area contributed by atoms with Crippen LogP contribution in [-0.4, -0.2) is 88.4 Å². The van der Waals surface area contributed by atoms with E-state index in [1.54, 1.807) is 62.3 Å². The fraction of sp³-hybridized carbons (Fsp3) is 0.548. The van der Waals surface area contributed by atoms with Crippen LogP contribution >= 0.6 is 0 Å². The second kappa shape index (κ2) is 19.6. The molecule has 2 aromatic rings. The molecule has 0 heterocycles. The molecule has 4 N–H and O–H groups in total. The van der Waals surface area contributed by atoms with Gasteiger partial charge < -0.3 is 40.0 Å². The molecule has 3 rings (SSSR count). The average molecular weight is 796 g/mol. The van der Waals surface area contributed by atoms with Gasteiger partial charge in [-0.05, 0) is 104 Å². The van der Waals surface area contributed by atoms with Crippen LogP contribution in [0.1, 0.15) is 118 Å². The summed E-state index contributed by atoms with van der Waals surface area (Å²) < 4.78 is 22.0. The van der Waals surface area contributed by atoms with Gasteiger partial charge >= 0.3 is 30.0 Å². The third-order valence-corrected chi connectivity index (χ3v) is 8.35. The van der Waals surface area contributed by atoms with E-state index in [0.29, 0.717) is 0 Å². The van der Waals surface area contributed by atoms with Gasteiger partial charge in [-0.25, -0.2) is 19.2 Å². The topological polar surface area (TPSA) is 213 Å². The maximum atomic E-state index is 13.3. The number of aliphatic carboxylic acids is 1. The molecule has 3 amide bonds. The Kier molecular flexibility index (Phi) is 15.8. The molecule has 312 valence electrons. The maximum Gasteiger partial charge on any atom is 0.407 e. The minimum absolute atomic E-state index is 0.00932. The zero-order valence-corrected chi connectivity index (χ0v) is 34.3. The van der Waals surface area contributed by atoms with Crippen molar-refractivity contribution in [2.24, 2.45) is 0 Å². The third kappa shape index (κ3) is 15.5. The van der Waals surface area contributed by atoms with Crippen LogP contribution in [0.4, 0.5) is 4.79 Å². The summed E-state index contributed by atoms with van der Waals surface area (Å²) in [5.74, 6) is -5.24. The van der Waals surface area contributed by atoms with E-state index in [0.717, 1.165) is 22.3 Å². The van der Waals surface area contributed by atoms with Crippen LogP contribution in [0.2, 0.25) is 0 Å². The molecule has 3 unspecified atom stereocenters. The summed E-state index contributed by atoms with van der Waals surface area (Å²) in [6, 6.07) is 11.8. The lowest BCUT2D eigenvalue weighted by molar-refractivity contribution is -0.160. The third-order valence-electron chi connectivity index (χ3n) is 8.35. The lowest BCUT2D eigenvalue weighted by Gasteiger charge is -2.26. The van der Waals surface area contributed by atoms with E-state index in [9.17, 15) is 33.6 Å². The first-order chi connectivity index (χ1) is 26.4. The Morgan fingerprint density at radius 2 is 0.912 bits per heavy atom. The fourth-order valence-corrected chi connectivity index (χ4v) is 6.00. The molecule has 15 nitrogen and oxygen atoms in total. The Balaban J connectivity index is 1.68. The number of amides is 3. The highest BCUT2D eigenvalue weighted by Crippen LogP contribution is 2.44. The Labute approximate surface area is 333 Å². The van der Waals surface area contributed by atoms with Crippen molar-refractivity contribution in [1.82, 2.24) is 16.0 Å². The van der Waals surface area contributed by atoms with Crippen LogP contribution in [0.3, 0.4) is 0 Å². The lowest BCUT2D eigenvalue weighted by Crippen LogP contribution is -2.48. The second-order valence-electron chi connectivity index (χ2n) is 16.9. The number of ether oxygens (including phenoxy) is 4. The van der Waals surface area contributed by atoms with Gasteiger partial charge in [0.05, 0.1) is 0 Å². The predicted octanol–water partition coefficient (Wildman–Crippen LogP) is 5.31. The molecule has 0 aliphatic heterocycles. The molecule has 0 bridgehead atoms. The normalized spacial score (nSPS) is 14.1. The zero-order valence-electron chi connectivity index (χ0n) is 34.3. The summed E-state index contributed by atoms with van der Waals surface area (Å²) >= 11 is 0. The maximum absolute atomic E-state index is 13.3. The lowest BCUT2D eigenvalue weighted by atomic mass is 9.98. The number of fused-ring (bicyclic) bond motifs is 3. The van der Waals surface area contributed by atoms with E-state index in [4.69, 9.17) is 24.1 Å². The molecule has 57 heavy (non-hydrogen) atoms. The van der Waals surface area contributed by atoms with Gasteiger partial charge in [0, 0.05) is 25.2 Å². The van der Waals surface area contributed by atoms with Crippen molar-refractivity contribution >= 4 is 41.8 Å². The molecule has 15 heteroatoms. The summed E-state index contributed by atoms with van der Waals surface area (Å²) in [5.41, 5.74) is 1.34. The zero-order chi connectivity index (χ0) is 42.7. The summed E-state index contributed by atoms with van der Waals surface area (Å²) in [6.45, 7) is 14.7. The van der Waals surface area contributed by atoms with Crippen molar-refractivity contribution in [2.45, 2.75) is 142 Å². The number of alkyl carbamates (subject to hydrolysis) is 1. The first-order valence-corrected chi connectivity index (χ1v) is 19.0. The summed E-state index contributed by atoms with van der Waals surface area (Å²) in [6.07, 6.45) is -2.73. The first kappa shape index (κ1) is 45.9. The summed E-state index contributed by atoms with van der Waals surface area (Å²) in [7, 11) is 0. The van der Waals surface area contributed by atoms with Crippen LogP contribution in [0.15, 0.2) is 48.5 Å². The summed E-state index contributed by atoms with van der Waals surface area (Å²) in [4.78, 5) is 89.8. The van der Waals surface area contributed by atoms with E-state index in [-0.39, 0.29) is 44.6 Å². The number of esters is 3. The second-order valence-corrected chi connectivity index (χ2v) is 16.9. The van der Waals surface area contributed by atoms with Crippen molar-refractivity contribution in [3.05, 3.63) is 59.7 Å². The van der Waals surface area contributed by atoms with Gasteiger partial charge in [0.2, 0.25) is 11.8 Å². The average Bonchev–Trinajstić information content (AvgIpc) is 3.40. The largest absolute Gasteiger partial charge is 0.481 e. The summed E-state index contributed by atoms with van der Waals surface area (Å²) in [5, 5.41) is 16.7. The van der Waals surface area contributed by atoms with Gasteiger partial charge in [-0.1, -0.05) is 48.5 Å². The van der Waals surface area contributed by atoms with Crippen molar-refractivity contribution in [1.29, 1.82) is 0 Å². The number of carboxylic acids is 1. The highest BCUT2D eigenvalue weighted by molar-refractivity contribution is 5.88. The number of carbonyl (C=O) groups is 7. The molecule has 2 aromatic carbocycles. The molecule has 1 aliphatic carbocycles. The molecule has 0 saturated carbocycles. The Bertz CT molecular complexity index is 1740. The SMILES string of the molecule is CC(C)(C)OC(=O)C(CCC(=O)O)NC(=O)CCC(NC(=O)CCC(NC(=O)OCC1c2ccccc2-c2ccccc21)C(=O)OC(C)(C)C)C(=O)OC(C)(C)C. The quantitative estimate of drug-likeness (QED) is 0.118. The van der Waals surface area contributed by atoms with E-state index in [1.807, 2.05) is 48.5 Å². The smallest absolute Gasteiger partial charge is 0.407 e. The first-order valence-electron chi connectivity index (χ1n) is 19.0. The number of benzene rings is 2. The molecule has 0 fully saturated rings. The number of rotatable bonds is 17. The van der Waals surface area contributed by atoms with Crippen LogP contribution in [0.25, 0.3) is 11.1 Å². The number of nitrogens with one attached hydrogen (secondary N) is 3. The molecule has 3 atom stereocenters. The van der Waals surface area contributed by atoms with Gasteiger partial charge in [0.1, 0.15) is 41.5 Å². The highest BCUT2D eigenvalue weighted by Gasteiger charge is 2.33. The van der Waals surface area contributed by atoms with Gasteiger partial charge in [-0.3, -0.25) is 14.4 Å². The molecular formula is C42H57N3O12. The minimum Gasteiger partial charge on any atom is -0.481 e. The Hall–Kier alpha value is -5.47. The standard InChI is InChI=1S/C42H57N3O12/c1-40(2,3)55-36(50)30(18-21-33(46)44-31(20-23-35(48)49)37(51)56-41(4,5)6)43-34(47)22-19-32(38(52)57-42(7,8)9)45-39(53)54-24-29-27-16-12-10-14-25(27)26-15-11-13-17-28(26)29/h10-17,29-32H,18-24H2,1-9H3,(H,43,47)(H,44,46)(H,45,53)(H,48,49).